The average molecular weight is 234 g/mol. The summed E-state index contributed by atoms with van der Waals surface area (Å²) in [4.78, 5) is 10.9. The molecule has 2 heterocycles. The first-order valence-corrected chi connectivity index (χ1v) is 6.57. The zero-order valence-electron chi connectivity index (χ0n) is 10.6. The molecule has 0 aliphatic carbocycles. The number of aromatic nitrogens is 2. The Morgan fingerprint density at radius 3 is 2.65 bits per heavy atom. The van der Waals surface area contributed by atoms with Crippen LogP contribution >= 0.6 is 0 Å². The zero-order chi connectivity index (χ0) is 11.9. The highest BCUT2D eigenvalue weighted by Gasteiger charge is 2.17. The molecule has 2 rings (SSSR count). The van der Waals surface area contributed by atoms with Crippen molar-refractivity contribution in [3.8, 4) is 0 Å². The lowest BCUT2D eigenvalue weighted by Gasteiger charge is -2.31. The SMILES string of the molecule is CCN1CCC(CNCc2ncccn2)CC1. The molecule has 1 fully saturated rings. The van der Waals surface area contributed by atoms with Crippen molar-refractivity contribution in [2.45, 2.75) is 26.3 Å². The van der Waals surface area contributed by atoms with Gasteiger partial charge < -0.3 is 10.2 Å². The maximum Gasteiger partial charge on any atom is 0.141 e. The van der Waals surface area contributed by atoms with Crippen LogP contribution in [0.25, 0.3) is 0 Å². The summed E-state index contributed by atoms with van der Waals surface area (Å²) in [6, 6.07) is 1.85. The molecule has 0 spiro atoms. The second kappa shape index (κ2) is 6.67. The Bertz CT molecular complexity index is 306. The van der Waals surface area contributed by atoms with E-state index in [4.69, 9.17) is 0 Å². The van der Waals surface area contributed by atoms with Crippen LogP contribution in [0.5, 0.6) is 0 Å². The molecule has 1 N–H and O–H groups in total. The number of hydrogen-bond donors (Lipinski definition) is 1. The van der Waals surface area contributed by atoms with Gasteiger partial charge in [-0.05, 0) is 51.0 Å². The van der Waals surface area contributed by atoms with E-state index in [0.29, 0.717) is 0 Å². The quantitative estimate of drug-likeness (QED) is 0.833. The number of piperidine rings is 1. The van der Waals surface area contributed by atoms with Gasteiger partial charge >= 0.3 is 0 Å². The summed E-state index contributed by atoms with van der Waals surface area (Å²) in [6.45, 7) is 7.82. The Labute approximate surface area is 103 Å². The molecule has 0 bridgehead atoms. The maximum absolute atomic E-state index is 4.20. The summed E-state index contributed by atoms with van der Waals surface area (Å²) < 4.78 is 0. The minimum absolute atomic E-state index is 0.787. The minimum atomic E-state index is 0.787. The van der Waals surface area contributed by atoms with Crippen molar-refractivity contribution in [2.24, 2.45) is 5.92 Å². The maximum atomic E-state index is 4.20. The van der Waals surface area contributed by atoms with Gasteiger partial charge in [-0.3, -0.25) is 0 Å². The molecule has 1 aromatic heterocycles. The van der Waals surface area contributed by atoms with E-state index in [1.165, 1.54) is 32.5 Å². The molecule has 17 heavy (non-hydrogen) atoms. The third-order valence-corrected chi connectivity index (χ3v) is 3.49. The first-order chi connectivity index (χ1) is 8.38. The normalized spacial score (nSPS) is 18.4. The van der Waals surface area contributed by atoms with E-state index < -0.39 is 0 Å². The van der Waals surface area contributed by atoms with Crippen molar-refractivity contribution in [1.29, 1.82) is 0 Å². The van der Waals surface area contributed by atoms with E-state index in [-0.39, 0.29) is 0 Å². The third-order valence-electron chi connectivity index (χ3n) is 3.49. The van der Waals surface area contributed by atoms with Gasteiger partial charge in [-0.2, -0.15) is 0 Å². The van der Waals surface area contributed by atoms with Crippen LogP contribution in [0.1, 0.15) is 25.6 Å². The highest BCUT2D eigenvalue weighted by molar-refractivity contribution is 4.88. The summed E-state index contributed by atoms with van der Waals surface area (Å²) in [5, 5.41) is 3.46. The van der Waals surface area contributed by atoms with Gasteiger partial charge in [0.2, 0.25) is 0 Å². The number of nitrogens with one attached hydrogen (secondary N) is 1. The van der Waals surface area contributed by atoms with Crippen molar-refractivity contribution in [3.05, 3.63) is 24.3 Å². The van der Waals surface area contributed by atoms with Gasteiger partial charge in [0.05, 0.1) is 6.54 Å². The Morgan fingerprint density at radius 2 is 2.00 bits per heavy atom. The predicted octanol–water partition coefficient (Wildman–Crippen LogP) is 1.30. The fraction of sp³-hybridized carbons (Fsp3) is 0.692. The number of hydrogen-bond acceptors (Lipinski definition) is 4. The first-order valence-electron chi connectivity index (χ1n) is 6.57. The van der Waals surface area contributed by atoms with E-state index in [1.807, 2.05) is 6.07 Å². The van der Waals surface area contributed by atoms with Gasteiger partial charge in [0.15, 0.2) is 0 Å². The molecule has 1 saturated heterocycles. The van der Waals surface area contributed by atoms with Crippen LogP contribution in [0, 0.1) is 5.92 Å². The molecule has 0 amide bonds. The summed E-state index contributed by atoms with van der Waals surface area (Å²) in [5.41, 5.74) is 0. The largest absolute Gasteiger partial charge is 0.310 e. The van der Waals surface area contributed by atoms with E-state index in [9.17, 15) is 0 Å². The fourth-order valence-electron chi connectivity index (χ4n) is 2.32. The topological polar surface area (TPSA) is 41.0 Å². The lowest BCUT2D eigenvalue weighted by molar-refractivity contribution is 0.190. The third kappa shape index (κ3) is 4.06. The number of likely N-dealkylation sites (tertiary alicyclic amines) is 1. The van der Waals surface area contributed by atoms with Crippen LogP contribution in [0.4, 0.5) is 0 Å². The predicted molar refractivity (Wildman–Crippen MR) is 68.6 cm³/mol. The fourth-order valence-corrected chi connectivity index (χ4v) is 2.32. The average Bonchev–Trinajstić information content (AvgIpc) is 2.41. The smallest absolute Gasteiger partial charge is 0.141 e. The van der Waals surface area contributed by atoms with E-state index in [1.54, 1.807) is 12.4 Å². The van der Waals surface area contributed by atoms with Crippen molar-refractivity contribution in [2.75, 3.05) is 26.2 Å². The second-order valence-electron chi connectivity index (χ2n) is 4.67. The molecule has 94 valence electrons. The van der Waals surface area contributed by atoms with Gasteiger partial charge in [0, 0.05) is 12.4 Å². The Hall–Kier alpha value is -1.00. The highest BCUT2D eigenvalue weighted by Crippen LogP contribution is 2.15. The standard InChI is InChI=1S/C13H22N4/c1-2-17-8-4-12(5-9-17)10-14-11-13-15-6-3-7-16-13/h3,6-7,12,14H,2,4-5,8-11H2,1H3. The van der Waals surface area contributed by atoms with Crippen LogP contribution in [-0.2, 0) is 6.54 Å². The van der Waals surface area contributed by atoms with Crippen molar-refractivity contribution in [1.82, 2.24) is 20.2 Å². The van der Waals surface area contributed by atoms with Crippen LogP contribution in [0.3, 0.4) is 0 Å². The lowest BCUT2D eigenvalue weighted by atomic mass is 9.97. The molecule has 0 atom stereocenters. The van der Waals surface area contributed by atoms with Crippen LogP contribution in [-0.4, -0.2) is 41.0 Å². The zero-order valence-corrected chi connectivity index (χ0v) is 10.6. The molecule has 4 nitrogen and oxygen atoms in total. The van der Waals surface area contributed by atoms with Gasteiger partial charge in [0.25, 0.3) is 0 Å². The van der Waals surface area contributed by atoms with Crippen LogP contribution in [0.2, 0.25) is 0 Å². The van der Waals surface area contributed by atoms with Gasteiger partial charge in [-0.25, -0.2) is 9.97 Å². The van der Waals surface area contributed by atoms with Gasteiger partial charge in [0.1, 0.15) is 5.82 Å². The molecule has 1 aromatic rings. The first kappa shape index (κ1) is 12.5. The van der Waals surface area contributed by atoms with Crippen molar-refractivity contribution >= 4 is 0 Å². The second-order valence-corrected chi connectivity index (χ2v) is 4.67. The summed E-state index contributed by atoms with van der Waals surface area (Å²) in [7, 11) is 0. The molecular weight excluding hydrogens is 212 g/mol. The van der Waals surface area contributed by atoms with Crippen LogP contribution in [0.15, 0.2) is 18.5 Å². The molecule has 1 aliphatic heterocycles. The van der Waals surface area contributed by atoms with Crippen LogP contribution < -0.4 is 5.32 Å². The van der Waals surface area contributed by atoms with E-state index in [2.05, 4.69) is 27.1 Å². The van der Waals surface area contributed by atoms with Gasteiger partial charge in [-0.1, -0.05) is 6.92 Å². The molecule has 4 heteroatoms. The number of rotatable bonds is 5. The van der Waals surface area contributed by atoms with Gasteiger partial charge in [-0.15, -0.1) is 0 Å². The summed E-state index contributed by atoms with van der Waals surface area (Å²) >= 11 is 0. The molecule has 0 unspecified atom stereocenters. The number of nitrogens with zero attached hydrogens (tertiary/aromatic N) is 3. The Morgan fingerprint density at radius 1 is 1.29 bits per heavy atom. The monoisotopic (exact) mass is 234 g/mol. The Kier molecular flexibility index (Phi) is 4.88. The Balaban J connectivity index is 1.63. The lowest BCUT2D eigenvalue weighted by Crippen LogP contribution is -2.37. The van der Waals surface area contributed by atoms with E-state index in [0.717, 1.165) is 24.8 Å². The molecule has 0 radical (unpaired) electrons. The molecular formula is C13H22N4. The van der Waals surface area contributed by atoms with Crippen molar-refractivity contribution in [3.63, 3.8) is 0 Å². The van der Waals surface area contributed by atoms with Crippen molar-refractivity contribution < 1.29 is 0 Å². The highest BCUT2D eigenvalue weighted by atomic mass is 15.1. The minimum Gasteiger partial charge on any atom is -0.310 e. The molecule has 0 saturated carbocycles. The summed E-state index contributed by atoms with van der Waals surface area (Å²) in [6.07, 6.45) is 6.22. The molecule has 1 aliphatic rings. The summed E-state index contributed by atoms with van der Waals surface area (Å²) in [5.74, 6) is 1.71. The molecule has 0 aromatic carbocycles. The van der Waals surface area contributed by atoms with E-state index >= 15 is 0 Å².